The molecule has 0 aliphatic heterocycles. The summed E-state index contributed by atoms with van der Waals surface area (Å²) >= 11 is 2.80. The number of phenols is 2. The third-order valence-corrected chi connectivity index (χ3v) is 3.78. The van der Waals surface area contributed by atoms with Gasteiger partial charge < -0.3 is 15.9 Å². The van der Waals surface area contributed by atoms with Crippen LogP contribution in [0, 0.1) is 0 Å². The van der Waals surface area contributed by atoms with Gasteiger partial charge in [0.15, 0.2) is 15.8 Å². The molecule has 0 aliphatic rings. The maximum Gasteiger partial charge on any atom is 0.203 e. The van der Waals surface area contributed by atoms with Crippen LogP contribution >= 0.6 is 23.1 Å². The number of phenolic OH excluding ortho intramolecular Hbond substituents is 2. The number of hydrogen-bond acceptors (Lipinski definition) is 7. The first-order valence-corrected chi connectivity index (χ1v) is 6.18. The number of anilines is 1. The van der Waals surface area contributed by atoms with E-state index in [1.165, 1.54) is 35.2 Å². The van der Waals surface area contributed by atoms with Crippen LogP contribution in [0.25, 0.3) is 0 Å². The van der Waals surface area contributed by atoms with E-state index >= 15 is 0 Å². The van der Waals surface area contributed by atoms with Gasteiger partial charge in [0.05, 0.1) is 0 Å². The lowest BCUT2D eigenvalue weighted by Gasteiger charge is -2.01. The summed E-state index contributed by atoms with van der Waals surface area (Å²) in [6, 6.07) is 4.72. The molecule has 2 rings (SSSR count). The number of aromatic nitrogens is 2. The van der Waals surface area contributed by atoms with Crippen molar-refractivity contribution in [3.05, 3.63) is 23.8 Å². The van der Waals surface area contributed by atoms with Gasteiger partial charge in [-0.25, -0.2) is 0 Å². The summed E-state index contributed by atoms with van der Waals surface area (Å²) in [4.78, 5) is 0. The monoisotopic (exact) mass is 255 g/mol. The Kier molecular flexibility index (Phi) is 3.16. The highest BCUT2D eigenvalue weighted by Gasteiger charge is 2.04. The Morgan fingerprint density at radius 1 is 1.25 bits per heavy atom. The molecule has 0 aliphatic carbocycles. The number of nitrogens with zero attached hydrogens (tertiary/aromatic N) is 2. The zero-order valence-electron chi connectivity index (χ0n) is 8.12. The van der Waals surface area contributed by atoms with E-state index in [9.17, 15) is 5.11 Å². The maximum atomic E-state index is 9.30. The molecule has 0 bridgehead atoms. The molecular weight excluding hydrogens is 246 g/mol. The van der Waals surface area contributed by atoms with E-state index in [0.717, 1.165) is 9.90 Å². The van der Waals surface area contributed by atoms with Gasteiger partial charge in [0.2, 0.25) is 5.13 Å². The smallest absolute Gasteiger partial charge is 0.203 e. The first-order valence-electron chi connectivity index (χ1n) is 4.38. The molecular formula is C9H9N3O2S2. The average Bonchev–Trinajstić information content (AvgIpc) is 2.66. The minimum Gasteiger partial charge on any atom is -0.504 e. The summed E-state index contributed by atoms with van der Waals surface area (Å²) in [6.07, 6.45) is 0. The van der Waals surface area contributed by atoms with E-state index in [1.807, 2.05) is 0 Å². The first kappa shape index (κ1) is 11.0. The molecule has 0 amide bonds. The number of hydrogen-bond donors (Lipinski definition) is 3. The van der Waals surface area contributed by atoms with Gasteiger partial charge in [-0.3, -0.25) is 0 Å². The number of nitrogen functional groups attached to an aromatic ring is 1. The van der Waals surface area contributed by atoms with E-state index in [0.29, 0.717) is 10.9 Å². The number of benzene rings is 1. The van der Waals surface area contributed by atoms with Crippen molar-refractivity contribution in [3.63, 3.8) is 0 Å². The predicted molar refractivity (Wildman–Crippen MR) is 63.7 cm³/mol. The van der Waals surface area contributed by atoms with Gasteiger partial charge in [0.25, 0.3) is 0 Å². The zero-order valence-corrected chi connectivity index (χ0v) is 9.75. The Hall–Kier alpha value is -1.47. The van der Waals surface area contributed by atoms with Gasteiger partial charge in [-0.1, -0.05) is 29.2 Å². The second kappa shape index (κ2) is 4.58. The lowest BCUT2D eigenvalue weighted by molar-refractivity contribution is 0.403. The summed E-state index contributed by atoms with van der Waals surface area (Å²) < 4.78 is 0.782. The van der Waals surface area contributed by atoms with Crippen LogP contribution in [0.15, 0.2) is 22.5 Å². The van der Waals surface area contributed by atoms with Crippen LogP contribution in [0.5, 0.6) is 11.5 Å². The third-order valence-electron chi connectivity index (χ3n) is 1.82. The molecule has 7 heteroatoms. The van der Waals surface area contributed by atoms with Crippen LogP contribution in [0.4, 0.5) is 5.13 Å². The highest BCUT2D eigenvalue weighted by molar-refractivity contribution is 8.00. The Bertz CT molecular complexity index is 501. The molecule has 0 atom stereocenters. The fourth-order valence-corrected chi connectivity index (χ4v) is 2.66. The molecule has 0 fully saturated rings. The molecule has 1 aromatic carbocycles. The van der Waals surface area contributed by atoms with Crippen LogP contribution in [0.2, 0.25) is 0 Å². The number of aromatic hydroxyl groups is 2. The minimum atomic E-state index is -0.117. The standard InChI is InChI=1S/C9H9N3O2S2/c10-8-11-12-9(16-8)15-4-5-1-2-6(13)7(14)3-5/h1-3,13-14H,4H2,(H2,10,11). The van der Waals surface area contributed by atoms with Crippen molar-refractivity contribution in [2.75, 3.05) is 5.73 Å². The summed E-state index contributed by atoms with van der Waals surface area (Å²) in [5, 5.41) is 26.4. The Morgan fingerprint density at radius 2 is 2.06 bits per heavy atom. The van der Waals surface area contributed by atoms with E-state index in [-0.39, 0.29) is 11.5 Å². The van der Waals surface area contributed by atoms with Crippen LogP contribution < -0.4 is 5.73 Å². The van der Waals surface area contributed by atoms with Gasteiger partial charge in [-0.15, -0.1) is 10.2 Å². The van der Waals surface area contributed by atoms with E-state index in [1.54, 1.807) is 6.07 Å². The van der Waals surface area contributed by atoms with Crippen molar-refractivity contribution in [3.8, 4) is 11.5 Å². The molecule has 0 spiro atoms. The zero-order chi connectivity index (χ0) is 11.5. The molecule has 84 valence electrons. The molecule has 0 saturated carbocycles. The molecule has 5 nitrogen and oxygen atoms in total. The summed E-state index contributed by atoms with van der Waals surface area (Å²) in [6.45, 7) is 0. The number of rotatable bonds is 3. The van der Waals surface area contributed by atoms with E-state index in [2.05, 4.69) is 10.2 Å². The molecule has 16 heavy (non-hydrogen) atoms. The van der Waals surface area contributed by atoms with Crippen LogP contribution in [0.1, 0.15) is 5.56 Å². The normalized spacial score (nSPS) is 10.5. The van der Waals surface area contributed by atoms with Gasteiger partial charge in [-0.2, -0.15) is 0 Å². The van der Waals surface area contributed by atoms with Crippen molar-refractivity contribution < 1.29 is 10.2 Å². The lowest BCUT2D eigenvalue weighted by Crippen LogP contribution is -1.81. The highest BCUT2D eigenvalue weighted by Crippen LogP contribution is 2.30. The Labute approximate surface area is 100.0 Å². The first-order chi connectivity index (χ1) is 7.65. The molecule has 2 aromatic rings. The van der Waals surface area contributed by atoms with E-state index in [4.69, 9.17) is 10.8 Å². The third kappa shape index (κ3) is 2.56. The maximum absolute atomic E-state index is 9.30. The molecule has 4 N–H and O–H groups in total. The summed E-state index contributed by atoms with van der Waals surface area (Å²) in [5.74, 6) is 0.409. The lowest BCUT2D eigenvalue weighted by atomic mass is 10.2. The summed E-state index contributed by atoms with van der Waals surface area (Å²) in [5.41, 5.74) is 6.35. The minimum absolute atomic E-state index is 0.116. The summed E-state index contributed by atoms with van der Waals surface area (Å²) in [7, 11) is 0. The van der Waals surface area contributed by atoms with E-state index < -0.39 is 0 Å². The van der Waals surface area contributed by atoms with Crippen LogP contribution in [-0.2, 0) is 5.75 Å². The fourth-order valence-electron chi connectivity index (χ4n) is 1.08. The van der Waals surface area contributed by atoms with Gasteiger partial charge in [0, 0.05) is 5.75 Å². The van der Waals surface area contributed by atoms with Crippen molar-refractivity contribution >= 4 is 28.2 Å². The molecule has 0 saturated heterocycles. The van der Waals surface area contributed by atoms with Gasteiger partial charge >= 0.3 is 0 Å². The SMILES string of the molecule is Nc1nnc(SCc2ccc(O)c(O)c2)s1. The topological polar surface area (TPSA) is 92.3 Å². The molecule has 1 heterocycles. The largest absolute Gasteiger partial charge is 0.504 e. The average molecular weight is 255 g/mol. The fraction of sp³-hybridized carbons (Fsp3) is 0.111. The van der Waals surface area contributed by atoms with Crippen molar-refractivity contribution in [1.29, 1.82) is 0 Å². The molecule has 1 aromatic heterocycles. The van der Waals surface area contributed by atoms with Crippen molar-refractivity contribution in [1.82, 2.24) is 10.2 Å². The predicted octanol–water partition coefficient (Wildman–Crippen LogP) is 1.82. The highest BCUT2D eigenvalue weighted by atomic mass is 32.2. The van der Waals surface area contributed by atoms with Gasteiger partial charge in [0.1, 0.15) is 0 Å². The second-order valence-corrected chi connectivity index (χ2v) is 5.25. The van der Waals surface area contributed by atoms with Gasteiger partial charge in [-0.05, 0) is 17.7 Å². The Morgan fingerprint density at radius 3 is 2.69 bits per heavy atom. The van der Waals surface area contributed by atoms with Crippen LogP contribution in [0.3, 0.4) is 0 Å². The van der Waals surface area contributed by atoms with Crippen LogP contribution in [-0.4, -0.2) is 20.4 Å². The molecule has 0 radical (unpaired) electrons. The number of thioether (sulfide) groups is 1. The van der Waals surface area contributed by atoms with Crippen molar-refractivity contribution in [2.24, 2.45) is 0 Å². The number of nitrogens with two attached hydrogens (primary N) is 1. The second-order valence-electron chi connectivity index (χ2n) is 3.02. The quantitative estimate of drug-likeness (QED) is 0.572. The Balaban J connectivity index is 2.02. The molecule has 0 unspecified atom stereocenters. The van der Waals surface area contributed by atoms with Crippen molar-refractivity contribution in [2.45, 2.75) is 10.1 Å².